The number of thiazole rings is 1. The van der Waals surface area contributed by atoms with Crippen LogP contribution >= 0.6 is 22.9 Å². The maximum atomic E-state index is 14.3. The number of nitrogens with one attached hydrogen (secondary N) is 1. The fourth-order valence-electron chi connectivity index (χ4n) is 3.55. The monoisotopic (exact) mass is 433 g/mol. The summed E-state index contributed by atoms with van der Waals surface area (Å²) in [5, 5.41) is 2.31. The van der Waals surface area contributed by atoms with Crippen molar-refractivity contribution in [2.24, 2.45) is 0 Å². The molecule has 148 valence electrons. The Kier molecular flexibility index (Phi) is 4.65. The van der Waals surface area contributed by atoms with Gasteiger partial charge < -0.3 is 4.98 Å². The first-order chi connectivity index (χ1) is 14.5. The molecule has 0 aliphatic rings. The van der Waals surface area contributed by atoms with E-state index in [1.807, 2.05) is 43.5 Å². The molecule has 0 saturated carbocycles. The van der Waals surface area contributed by atoms with Gasteiger partial charge in [-0.25, -0.2) is 9.37 Å². The Balaban J connectivity index is 1.57. The summed E-state index contributed by atoms with van der Waals surface area (Å²) in [4.78, 5) is 13.7. The zero-order chi connectivity index (χ0) is 20.8. The molecule has 0 saturated heterocycles. The van der Waals surface area contributed by atoms with E-state index in [0.29, 0.717) is 16.3 Å². The highest BCUT2D eigenvalue weighted by atomic mass is 35.5. The maximum absolute atomic E-state index is 14.3. The minimum atomic E-state index is -0.346. The van der Waals surface area contributed by atoms with Crippen LogP contribution in [0.3, 0.4) is 0 Å². The number of benzene rings is 2. The molecule has 0 atom stereocenters. The molecule has 0 aliphatic carbocycles. The Bertz CT molecular complexity index is 1370. The Hall–Kier alpha value is -3.02. The summed E-state index contributed by atoms with van der Waals surface area (Å²) in [6, 6.07) is 16.8. The summed E-state index contributed by atoms with van der Waals surface area (Å²) in [5.41, 5.74) is 5.93. The largest absolute Gasteiger partial charge is 0.354 e. The molecule has 5 aromatic rings. The molecule has 3 aromatic heterocycles. The van der Waals surface area contributed by atoms with Crippen molar-refractivity contribution in [3.05, 3.63) is 82.2 Å². The van der Waals surface area contributed by atoms with E-state index >= 15 is 0 Å². The van der Waals surface area contributed by atoms with Gasteiger partial charge in [0.2, 0.25) is 0 Å². The van der Waals surface area contributed by atoms with Crippen LogP contribution in [0.2, 0.25) is 5.02 Å². The molecule has 0 amide bonds. The lowest BCUT2D eigenvalue weighted by atomic mass is 10.1. The molecule has 2 aromatic carbocycles. The third-order valence-electron chi connectivity index (χ3n) is 5.08. The number of pyridine rings is 1. The lowest BCUT2D eigenvalue weighted by Crippen LogP contribution is -1.85. The van der Waals surface area contributed by atoms with Gasteiger partial charge in [-0.3, -0.25) is 4.98 Å². The zero-order valence-corrected chi connectivity index (χ0v) is 17.9. The Morgan fingerprint density at radius 3 is 2.60 bits per heavy atom. The Morgan fingerprint density at radius 2 is 1.83 bits per heavy atom. The first-order valence-electron chi connectivity index (χ1n) is 9.47. The number of hydrogen-bond donors (Lipinski definition) is 1. The van der Waals surface area contributed by atoms with Gasteiger partial charge in [0, 0.05) is 38.8 Å². The second-order valence-corrected chi connectivity index (χ2v) is 8.80. The van der Waals surface area contributed by atoms with Gasteiger partial charge in [-0.1, -0.05) is 23.7 Å². The standard InChI is InChI=1S/C24H17ClFN3S/c1-13-6-7-16(12-27-13)24-29-23(14(2)30-24)15-8-9-20-17(10-15)11-21(28-20)22-18(25)4-3-5-19(22)26/h3-12,28H,1-2H3. The molecule has 0 aliphatic heterocycles. The Labute approximate surface area is 182 Å². The molecule has 0 bridgehead atoms. The van der Waals surface area contributed by atoms with E-state index in [-0.39, 0.29) is 5.82 Å². The van der Waals surface area contributed by atoms with Crippen molar-refractivity contribution >= 4 is 33.8 Å². The second-order valence-electron chi connectivity index (χ2n) is 7.19. The summed E-state index contributed by atoms with van der Waals surface area (Å²) >= 11 is 7.89. The van der Waals surface area contributed by atoms with Crippen molar-refractivity contribution in [1.82, 2.24) is 15.0 Å². The van der Waals surface area contributed by atoms with Crippen LogP contribution in [0.4, 0.5) is 4.39 Å². The van der Waals surface area contributed by atoms with E-state index in [2.05, 4.69) is 23.0 Å². The van der Waals surface area contributed by atoms with Gasteiger partial charge in [0.1, 0.15) is 10.8 Å². The van der Waals surface area contributed by atoms with Crippen molar-refractivity contribution in [2.45, 2.75) is 13.8 Å². The van der Waals surface area contributed by atoms with Crippen molar-refractivity contribution < 1.29 is 4.39 Å². The zero-order valence-electron chi connectivity index (χ0n) is 16.3. The predicted octanol–water partition coefficient (Wildman–Crippen LogP) is 7.43. The minimum Gasteiger partial charge on any atom is -0.354 e. The SMILES string of the molecule is Cc1ccc(-c2nc(-c3ccc4[nH]c(-c5c(F)cccc5Cl)cc4c3)c(C)s2)cn1. The number of aromatic nitrogens is 3. The van der Waals surface area contributed by atoms with E-state index in [1.54, 1.807) is 23.5 Å². The lowest BCUT2D eigenvalue weighted by Gasteiger charge is -2.02. The second kappa shape index (κ2) is 7.35. The van der Waals surface area contributed by atoms with Gasteiger partial charge in [0.25, 0.3) is 0 Å². The fourth-order valence-corrected chi connectivity index (χ4v) is 4.74. The molecule has 0 spiro atoms. The van der Waals surface area contributed by atoms with Crippen molar-refractivity contribution in [1.29, 1.82) is 0 Å². The molecule has 0 unspecified atom stereocenters. The van der Waals surface area contributed by atoms with Crippen LogP contribution in [-0.4, -0.2) is 15.0 Å². The molecule has 5 rings (SSSR count). The first-order valence-corrected chi connectivity index (χ1v) is 10.7. The van der Waals surface area contributed by atoms with E-state index in [4.69, 9.17) is 16.6 Å². The molecule has 6 heteroatoms. The first kappa shape index (κ1) is 19.0. The van der Waals surface area contributed by atoms with Crippen molar-refractivity contribution in [3.63, 3.8) is 0 Å². The van der Waals surface area contributed by atoms with Crippen LogP contribution in [0.1, 0.15) is 10.6 Å². The number of hydrogen-bond acceptors (Lipinski definition) is 3. The quantitative estimate of drug-likeness (QED) is 0.321. The van der Waals surface area contributed by atoms with Gasteiger partial charge in [0.15, 0.2) is 0 Å². The number of aromatic amines is 1. The highest BCUT2D eigenvalue weighted by Gasteiger charge is 2.15. The third kappa shape index (κ3) is 3.30. The van der Waals surface area contributed by atoms with Gasteiger partial charge in [-0.2, -0.15) is 0 Å². The third-order valence-corrected chi connectivity index (χ3v) is 6.42. The van der Waals surface area contributed by atoms with E-state index in [0.717, 1.165) is 43.3 Å². The van der Waals surface area contributed by atoms with Crippen LogP contribution in [0.25, 0.3) is 44.0 Å². The van der Waals surface area contributed by atoms with Crippen LogP contribution in [0, 0.1) is 19.7 Å². The highest BCUT2D eigenvalue weighted by molar-refractivity contribution is 7.15. The number of nitrogens with zero attached hydrogens (tertiary/aromatic N) is 2. The lowest BCUT2D eigenvalue weighted by molar-refractivity contribution is 0.631. The summed E-state index contributed by atoms with van der Waals surface area (Å²) in [6.45, 7) is 4.04. The van der Waals surface area contributed by atoms with E-state index in [9.17, 15) is 4.39 Å². The number of H-pyrrole nitrogens is 1. The maximum Gasteiger partial charge on any atom is 0.134 e. The van der Waals surface area contributed by atoms with Crippen LogP contribution in [-0.2, 0) is 0 Å². The summed E-state index contributed by atoms with van der Waals surface area (Å²) in [5.74, 6) is -0.346. The predicted molar refractivity (Wildman–Crippen MR) is 123 cm³/mol. The van der Waals surface area contributed by atoms with E-state index in [1.165, 1.54) is 6.07 Å². The molecular formula is C24H17ClFN3S. The van der Waals surface area contributed by atoms with Gasteiger partial charge in [0.05, 0.1) is 22.0 Å². The summed E-state index contributed by atoms with van der Waals surface area (Å²) < 4.78 is 14.3. The van der Waals surface area contributed by atoms with Crippen LogP contribution < -0.4 is 0 Å². The van der Waals surface area contributed by atoms with Crippen LogP contribution in [0.5, 0.6) is 0 Å². The molecular weight excluding hydrogens is 417 g/mol. The fraction of sp³-hybridized carbons (Fsp3) is 0.0833. The molecule has 0 radical (unpaired) electrons. The average molecular weight is 434 g/mol. The number of rotatable bonds is 3. The van der Waals surface area contributed by atoms with Crippen molar-refractivity contribution in [2.75, 3.05) is 0 Å². The van der Waals surface area contributed by atoms with Crippen LogP contribution in [0.15, 0.2) is 60.8 Å². The summed E-state index contributed by atoms with van der Waals surface area (Å²) in [7, 11) is 0. The van der Waals surface area contributed by atoms with Crippen molar-refractivity contribution in [3.8, 4) is 33.1 Å². The van der Waals surface area contributed by atoms with Gasteiger partial charge in [-0.05, 0) is 56.3 Å². The molecule has 3 heterocycles. The topological polar surface area (TPSA) is 41.6 Å². The number of fused-ring (bicyclic) bond motifs is 1. The summed E-state index contributed by atoms with van der Waals surface area (Å²) in [6.07, 6.45) is 1.86. The average Bonchev–Trinajstić information content (AvgIpc) is 3.31. The Morgan fingerprint density at radius 1 is 1.00 bits per heavy atom. The highest BCUT2D eigenvalue weighted by Crippen LogP contribution is 2.36. The van der Waals surface area contributed by atoms with Gasteiger partial charge >= 0.3 is 0 Å². The molecule has 1 N–H and O–H groups in total. The van der Waals surface area contributed by atoms with E-state index < -0.39 is 0 Å². The molecule has 0 fully saturated rings. The number of halogens is 2. The number of aryl methyl sites for hydroxylation is 2. The van der Waals surface area contributed by atoms with Gasteiger partial charge in [-0.15, -0.1) is 11.3 Å². The minimum absolute atomic E-state index is 0.346. The molecule has 30 heavy (non-hydrogen) atoms. The smallest absolute Gasteiger partial charge is 0.134 e. The molecule has 3 nitrogen and oxygen atoms in total. The normalized spacial score (nSPS) is 11.3.